The summed E-state index contributed by atoms with van der Waals surface area (Å²) in [4.78, 5) is 0. The Bertz CT molecular complexity index is 234. The zero-order valence-corrected chi connectivity index (χ0v) is 7.42. The number of rotatable bonds is 0. The van der Waals surface area contributed by atoms with Crippen molar-refractivity contribution >= 4 is 0 Å². The third-order valence-electron chi connectivity index (χ3n) is 3.31. The van der Waals surface area contributed by atoms with E-state index in [0.717, 1.165) is 23.8 Å². The Morgan fingerprint density at radius 1 is 1.25 bits per heavy atom. The Morgan fingerprint density at radius 3 is 2.92 bits per heavy atom. The molecule has 1 fully saturated rings. The second-order valence-corrected chi connectivity index (χ2v) is 4.05. The van der Waals surface area contributed by atoms with E-state index in [0.29, 0.717) is 0 Å². The fraction of sp³-hybridized carbons (Fsp3) is 0.727. The van der Waals surface area contributed by atoms with Crippen LogP contribution in [-0.2, 0) is 0 Å². The molecule has 1 heteroatoms. The number of hydrogen-bond acceptors (Lipinski definition) is 1. The van der Waals surface area contributed by atoms with E-state index in [1.165, 1.54) is 32.1 Å². The molecule has 0 aromatic rings. The van der Waals surface area contributed by atoms with Gasteiger partial charge in [0.1, 0.15) is 0 Å². The molecule has 1 nitrogen and oxygen atoms in total. The summed E-state index contributed by atoms with van der Waals surface area (Å²) >= 11 is 0. The van der Waals surface area contributed by atoms with Gasteiger partial charge in [0.05, 0.1) is 6.07 Å². The van der Waals surface area contributed by atoms with E-state index in [-0.39, 0.29) is 0 Å². The molecule has 0 aromatic carbocycles. The predicted molar refractivity (Wildman–Crippen MR) is 48.4 cm³/mol. The van der Waals surface area contributed by atoms with Gasteiger partial charge < -0.3 is 0 Å². The fourth-order valence-electron chi connectivity index (χ4n) is 2.59. The monoisotopic (exact) mass is 161 g/mol. The minimum Gasteiger partial charge on any atom is -0.193 e. The molecule has 0 spiro atoms. The first-order valence-electron chi connectivity index (χ1n) is 5.01. The summed E-state index contributed by atoms with van der Waals surface area (Å²) in [6, 6.07) is 2.30. The van der Waals surface area contributed by atoms with E-state index in [4.69, 9.17) is 5.26 Å². The zero-order chi connectivity index (χ0) is 8.39. The molecule has 12 heavy (non-hydrogen) atoms. The summed E-state index contributed by atoms with van der Waals surface area (Å²) in [6.07, 6.45) is 10.1. The summed E-state index contributed by atoms with van der Waals surface area (Å²) in [5.74, 6) is 1.66. The highest BCUT2D eigenvalue weighted by Gasteiger charge is 2.26. The van der Waals surface area contributed by atoms with Gasteiger partial charge in [-0.3, -0.25) is 0 Å². The van der Waals surface area contributed by atoms with Crippen molar-refractivity contribution in [3.05, 3.63) is 11.6 Å². The first-order chi connectivity index (χ1) is 5.90. The Balaban J connectivity index is 2.11. The summed E-state index contributed by atoms with van der Waals surface area (Å²) in [5.41, 5.74) is 1.04. The average molecular weight is 161 g/mol. The summed E-state index contributed by atoms with van der Waals surface area (Å²) in [7, 11) is 0. The van der Waals surface area contributed by atoms with Crippen molar-refractivity contribution in [3.8, 4) is 6.07 Å². The third kappa shape index (κ3) is 1.39. The van der Waals surface area contributed by atoms with Gasteiger partial charge in [0, 0.05) is 5.57 Å². The molecule has 0 N–H and O–H groups in total. The second-order valence-electron chi connectivity index (χ2n) is 4.05. The molecule has 1 saturated carbocycles. The molecule has 0 amide bonds. The Morgan fingerprint density at radius 2 is 2.08 bits per heavy atom. The quantitative estimate of drug-likeness (QED) is 0.535. The maximum atomic E-state index is 8.76. The van der Waals surface area contributed by atoms with Gasteiger partial charge in [0.25, 0.3) is 0 Å². The van der Waals surface area contributed by atoms with Crippen molar-refractivity contribution in [1.82, 2.24) is 0 Å². The number of fused-ring (bicyclic) bond motifs is 1. The number of nitriles is 1. The van der Waals surface area contributed by atoms with E-state index in [1.807, 2.05) is 0 Å². The highest BCUT2D eigenvalue weighted by molar-refractivity contribution is 5.24. The van der Waals surface area contributed by atoms with Crippen molar-refractivity contribution in [1.29, 1.82) is 5.26 Å². The van der Waals surface area contributed by atoms with Gasteiger partial charge >= 0.3 is 0 Å². The van der Waals surface area contributed by atoms with Gasteiger partial charge in [-0.05, 0) is 37.5 Å². The molecule has 0 radical (unpaired) electrons. The van der Waals surface area contributed by atoms with Gasteiger partial charge in [-0.2, -0.15) is 5.26 Å². The van der Waals surface area contributed by atoms with Crippen LogP contribution in [0.25, 0.3) is 0 Å². The molecule has 0 heterocycles. The highest BCUT2D eigenvalue weighted by Crippen LogP contribution is 2.38. The molecule has 2 aliphatic rings. The topological polar surface area (TPSA) is 23.8 Å². The lowest BCUT2D eigenvalue weighted by Gasteiger charge is -2.32. The molecular weight excluding hydrogens is 146 g/mol. The van der Waals surface area contributed by atoms with E-state index in [2.05, 4.69) is 12.1 Å². The van der Waals surface area contributed by atoms with Crippen LogP contribution in [-0.4, -0.2) is 0 Å². The van der Waals surface area contributed by atoms with Crippen molar-refractivity contribution in [3.63, 3.8) is 0 Å². The van der Waals surface area contributed by atoms with Crippen LogP contribution in [0.2, 0.25) is 0 Å². The summed E-state index contributed by atoms with van der Waals surface area (Å²) in [6.45, 7) is 0. The molecule has 2 atom stereocenters. The van der Waals surface area contributed by atoms with Gasteiger partial charge in [-0.25, -0.2) is 0 Å². The molecule has 2 aliphatic carbocycles. The molecule has 0 aliphatic heterocycles. The molecule has 2 unspecified atom stereocenters. The van der Waals surface area contributed by atoms with Crippen molar-refractivity contribution in [2.45, 2.75) is 38.5 Å². The smallest absolute Gasteiger partial charge is 0.0943 e. The Kier molecular flexibility index (Phi) is 2.17. The number of allylic oxidation sites excluding steroid dienone is 2. The van der Waals surface area contributed by atoms with Crippen molar-refractivity contribution in [2.24, 2.45) is 11.8 Å². The fourth-order valence-corrected chi connectivity index (χ4v) is 2.59. The van der Waals surface area contributed by atoms with Gasteiger partial charge in [0.2, 0.25) is 0 Å². The first-order valence-corrected chi connectivity index (χ1v) is 5.01. The Hall–Kier alpha value is -0.770. The van der Waals surface area contributed by atoms with Crippen LogP contribution in [0.5, 0.6) is 0 Å². The van der Waals surface area contributed by atoms with Crippen LogP contribution in [0.3, 0.4) is 0 Å². The second kappa shape index (κ2) is 3.31. The SMILES string of the molecule is N#CC1=CC2CCCCC2CC1. The molecule has 64 valence electrons. The zero-order valence-electron chi connectivity index (χ0n) is 7.42. The van der Waals surface area contributed by atoms with Crippen LogP contribution in [0.1, 0.15) is 38.5 Å². The minimum absolute atomic E-state index is 0.752. The predicted octanol–water partition coefficient (Wildman–Crippen LogP) is 3.04. The van der Waals surface area contributed by atoms with Gasteiger partial charge in [0.15, 0.2) is 0 Å². The van der Waals surface area contributed by atoms with Crippen LogP contribution in [0.15, 0.2) is 11.6 Å². The molecular formula is C11H15N. The maximum absolute atomic E-state index is 8.76. The van der Waals surface area contributed by atoms with E-state index in [1.54, 1.807) is 0 Å². The van der Waals surface area contributed by atoms with E-state index < -0.39 is 0 Å². The van der Waals surface area contributed by atoms with Crippen LogP contribution in [0, 0.1) is 23.2 Å². The van der Waals surface area contributed by atoms with Crippen LogP contribution < -0.4 is 0 Å². The highest BCUT2D eigenvalue weighted by atomic mass is 14.3. The van der Waals surface area contributed by atoms with Crippen LogP contribution in [0.4, 0.5) is 0 Å². The standard InChI is InChI=1S/C11H15N/c12-8-9-5-6-10-3-1-2-4-11(10)7-9/h7,10-11H,1-6H2. The molecule has 2 rings (SSSR count). The minimum atomic E-state index is 0.752. The van der Waals surface area contributed by atoms with E-state index >= 15 is 0 Å². The van der Waals surface area contributed by atoms with E-state index in [9.17, 15) is 0 Å². The lowest BCUT2D eigenvalue weighted by atomic mass is 9.72. The van der Waals surface area contributed by atoms with Crippen molar-refractivity contribution < 1.29 is 0 Å². The van der Waals surface area contributed by atoms with Crippen LogP contribution >= 0.6 is 0 Å². The molecule has 0 saturated heterocycles. The third-order valence-corrected chi connectivity index (χ3v) is 3.31. The van der Waals surface area contributed by atoms with Gasteiger partial charge in [-0.15, -0.1) is 0 Å². The number of nitrogens with zero attached hydrogens (tertiary/aromatic N) is 1. The molecule has 0 bridgehead atoms. The summed E-state index contributed by atoms with van der Waals surface area (Å²) in [5, 5.41) is 8.76. The van der Waals surface area contributed by atoms with Gasteiger partial charge in [-0.1, -0.05) is 18.9 Å². The molecule has 0 aromatic heterocycles. The Labute approximate surface area is 74.1 Å². The lowest BCUT2D eigenvalue weighted by Crippen LogP contribution is -2.21. The van der Waals surface area contributed by atoms with Crippen molar-refractivity contribution in [2.75, 3.05) is 0 Å². The number of hydrogen-bond donors (Lipinski definition) is 0. The normalized spacial score (nSPS) is 34.8. The summed E-state index contributed by atoms with van der Waals surface area (Å²) < 4.78 is 0. The maximum Gasteiger partial charge on any atom is 0.0943 e. The average Bonchev–Trinajstić information content (AvgIpc) is 2.17. The first kappa shape index (κ1) is 7.86. The lowest BCUT2D eigenvalue weighted by molar-refractivity contribution is 0.257. The largest absolute Gasteiger partial charge is 0.193 e.